The molecule has 0 aromatic rings. The van der Waals surface area contributed by atoms with Gasteiger partial charge in [0, 0.05) is 17.8 Å². The Hall–Kier alpha value is 0.310. The van der Waals surface area contributed by atoms with E-state index >= 15 is 0 Å². The second kappa shape index (κ2) is 6.02. The molecular formula is C12H25NS. The third-order valence-corrected chi connectivity index (χ3v) is 4.67. The van der Waals surface area contributed by atoms with Crippen LogP contribution in [-0.4, -0.2) is 24.1 Å². The van der Waals surface area contributed by atoms with E-state index in [1.165, 1.54) is 25.8 Å². The number of hydrogen-bond acceptors (Lipinski definition) is 2. The average molecular weight is 215 g/mol. The van der Waals surface area contributed by atoms with Crippen molar-refractivity contribution in [2.75, 3.05) is 12.8 Å². The fourth-order valence-corrected chi connectivity index (χ4v) is 2.41. The highest BCUT2D eigenvalue weighted by molar-refractivity contribution is 7.99. The van der Waals surface area contributed by atoms with Crippen LogP contribution in [0.3, 0.4) is 0 Å². The van der Waals surface area contributed by atoms with Gasteiger partial charge in [0.1, 0.15) is 0 Å². The summed E-state index contributed by atoms with van der Waals surface area (Å²) >= 11 is 1.95. The lowest BCUT2D eigenvalue weighted by Gasteiger charge is -2.33. The van der Waals surface area contributed by atoms with Crippen LogP contribution in [0.15, 0.2) is 0 Å². The van der Waals surface area contributed by atoms with E-state index in [0.29, 0.717) is 0 Å². The van der Waals surface area contributed by atoms with Gasteiger partial charge in [0.15, 0.2) is 0 Å². The average Bonchev–Trinajstić information content (AvgIpc) is 2.19. The molecule has 14 heavy (non-hydrogen) atoms. The summed E-state index contributed by atoms with van der Waals surface area (Å²) in [6.45, 7) is 8.27. The first-order valence-corrected chi connectivity index (χ1v) is 7.18. The van der Waals surface area contributed by atoms with Crippen LogP contribution in [0.4, 0.5) is 0 Å². The lowest BCUT2D eigenvalue weighted by atomic mass is 9.79. The summed E-state index contributed by atoms with van der Waals surface area (Å²) in [4.78, 5) is 0. The first-order valence-electron chi connectivity index (χ1n) is 5.89. The molecule has 0 aliphatic heterocycles. The molecule has 84 valence electrons. The summed E-state index contributed by atoms with van der Waals surface area (Å²) in [7, 11) is 0. The van der Waals surface area contributed by atoms with Gasteiger partial charge < -0.3 is 5.32 Å². The molecule has 2 heteroatoms. The van der Waals surface area contributed by atoms with Crippen molar-refractivity contribution >= 4 is 11.8 Å². The molecule has 0 spiro atoms. The molecule has 0 heterocycles. The minimum atomic E-state index is 0.754. The summed E-state index contributed by atoms with van der Waals surface area (Å²) in [5.74, 6) is 1.84. The summed E-state index contributed by atoms with van der Waals surface area (Å²) in [6, 6.07) is 0.788. The summed E-state index contributed by atoms with van der Waals surface area (Å²) in [6.07, 6.45) is 6.36. The third kappa shape index (κ3) is 3.82. The Balaban J connectivity index is 2.20. The van der Waals surface area contributed by atoms with E-state index in [1.807, 2.05) is 11.8 Å². The van der Waals surface area contributed by atoms with Gasteiger partial charge >= 0.3 is 0 Å². The Morgan fingerprint density at radius 2 is 2.00 bits per heavy atom. The summed E-state index contributed by atoms with van der Waals surface area (Å²) in [5.41, 5.74) is 0. The molecule has 0 amide bonds. The van der Waals surface area contributed by atoms with Crippen molar-refractivity contribution in [2.24, 2.45) is 11.8 Å². The van der Waals surface area contributed by atoms with Gasteiger partial charge in [0.2, 0.25) is 0 Å². The third-order valence-electron chi connectivity index (χ3n) is 3.69. The van der Waals surface area contributed by atoms with Gasteiger partial charge in [-0.3, -0.25) is 0 Å². The van der Waals surface area contributed by atoms with E-state index in [4.69, 9.17) is 0 Å². The van der Waals surface area contributed by atoms with Gasteiger partial charge in [-0.2, -0.15) is 11.8 Å². The van der Waals surface area contributed by atoms with E-state index < -0.39 is 0 Å². The van der Waals surface area contributed by atoms with E-state index in [0.717, 1.165) is 23.1 Å². The molecule has 0 radical (unpaired) electrons. The molecule has 0 aromatic carbocycles. The SMILES string of the molecule is CSC(C)CNC1CCC(C)C(C)C1. The Labute approximate surface area is 93.4 Å². The summed E-state index contributed by atoms with van der Waals surface area (Å²) in [5, 5.41) is 4.46. The molecule has 1 aliphatic rings. The fraction of sp³-hybridized carbons (Fsp3) is 1.00. The topological polar surface area (TPSA) is 12.0 Å². The van der Waals surface area contributed by atoms with Crippen molar-refractivity contribution in [3.8, 4) is 0 Å². The predicted octanol–water partition coefficient (Wildman–Crippen LogP) is 3.15. The second-order valence-corrected chi connectivity index (χ2v) is 6.20. The van der Waals surface area contributed by atoms with Crippen molar-refractivity contribution in [1.29, 1.82) is 0 Å². The molecule has 1 saturated carbocycles. The van der Waals surface area contributed by atoms with E-state index in [1.54, 1.807) is 0 Å². The maximum atomic E-state index is 3.70. The predicted molar refractivity (Wildman–Crippen MR) is 66.9 cm³/mol. The first kappa shape index (κ1) is 12.4. The quantitative estimate of drug-likeness (QED) is 0.773. The zero-order valence-electron chi connectivity index (χ0n) is 10.0. The molecule has 1 fully saturated rings. The Morgan fingerprint density at radius 3 is 2.57 bits per heavy atom. The van der Waals surface area contributed by atoms with Gasteiger partial charge in [-0.1, -0.05) is 20.8 Å². The van der Waals surface area contributed by atoms with Crippen molar-refractivity contribution in [3.05, 3.63) is 0 Å². The molecule has 4 atom stereocenters. The lowest BCUT2D eigenvalue weighted by molar-refractivity contribution is 0.227. The second-order valence-electron chi connectivity index (χ2n) is 4.92. The van der Waals surface area contributed by atoms with Crippen molar-refractivity contribution < 1.29 is 0 Å². The van der Waals surface area contributed by atoms with E-state index in [2.05, 4.69) is 32.3 Å². The molecule has 4 unspecified atom stereocenters. The zero-order chi connectivity index (χ0) is 10.6. The molecule has 1 rings (SSSR count). The highest BCUT2D eigenvalue weighted by Gasteiger charge is 2.24. The first-order chi connectivity index (χ1) is 6.63. The van der Waals surface area contributed by atoms with Crippen LogP contribution in [0.1, 0.15) is 40.0 Å². The standard InChI is InChI=1S/C12H25NS/c1-9-5-6-12(7-10(9)2)13-8-11(3)14-4/h9-13H,5-8H2,1-4H3. The van der Waals surface area contributed by atoms with Crippen molar-refractivity contribution in [3.63, 3.8) is 0 Å². The van der Waals surface area contributed by atoms with Crippen LogP contribution in [0.2, 0.25) is 0 Å². The molecule has 0 aromatic heterocycles. The molecule has 1 aliphatic carbocycles. The zero-order valence-corrected chi connectivity index (χ0v) is 10.9. The van der Waals surface area contributed by atoms with Gasteiger partial charge in [0.25, 0.3) is 0 Å². The summed E-state index contributed by atoms with van der Waals surface area (Å²) < 4.78 is 0. The number of hydrogen-bond donors (Lipinski definition) is 1. The van der Waals surface area contributed by atoms with Gasteiger partial charge in [-0.15, -0.1) is 0 Å². The minimum Gasteiger partial charge on any atom is -0.313 e. The molecule has 0 bridgehead atoms. The van der Waals surface area contributed by atoms with Crippen molar-refractivity contribution in [2.45, 2.75) is 51.3 Å². The number of thioether (sulfide) groups is 1. The van der Waals surface area contributed by atoms with Gasteiger partial charge in [-0.25, -0.2) is 0 Å². The highest BCUT2D eigenvalue weighted by atomic mass is 32.2. The number of nitrogens with one attached hydrogen (secondary N) is 1. The van der Waals surface area contributed by atoms with Gasteiger partial charge in [0.05, 0.1) is 0 Å². The normalized spacial score (nSPS) is 35.6. The smallest absolute Gasteiger partial charge is 0.0141 e. The lowest BCUT2D eigenvalue weighted by Crippen LogP contribution is -2.38. The van der Waals surface area contributed by atoms with Gasteiger partial charge in [-0.05, 0) is 37.4 Å². The van der Waals surface area contributed by atoms with E-state index in [9.17, 15) is 0 Å². The van der Waals surface area contributed by atoms with Crippen molar-refractivity contribution in [1.82, 2.24) is 5.32 Å². The Morgan fingerprint density at radius 1 is 1.29 bits per heavy atom. The molecular weight excluding hydrogens is 190 g/mol. The van der Waals surface area contributed by atoms with Crippen LogP contribution in [0.25, 0.3) is 0 Å². The maximum Gasteiger partial charge on any atom is 0.0141 e. The van der Waals surface area contributed by atoms with Crippen LogP contribution in [0, 0.1) is 11.8 Å². The van der Waals surface area contributed by atoms with Crippen LogP contribution in [-0.2, 0) is 0 Å². The Bertz CT molecular complexity index is 160. The molecule has 1 N–H and O–H groups in total. The minimum absolute atomic E-state index is 0.754. The maximum absolute atomic E-state index is 3.70. The molecule has 0 saturated heterocycles. The largest absolute Gasteiger partial charge is 0.313 e. The van der Waals surface area contributed by atoms with Crippen LogP contribution in [0.5, 0.6) is 0 Å². The highest BCUT2D eigenvalue weighted by Crippen LogP contribution is 2.29. The van der Waals surface area contributed by atoms with Crippen LogP contribution >= 0.6 is 11.8 Å². The fourth-order valence-electron chi connectivity index (χ4n) is 2.15. The monoisotopic (exact) mass is 215 g/mol. The van der Waals surface area contributed by atoms with Crippen LogP contribution < -0.4 is 5.32 Å². The molecule has 1 nitrogen and oxygen atoms in total. The van der Waals surface area contributed by atoms with E-state index in [-0.39, 0.29) is 0 Å². The number of rotatable bonds is 4. The Kier molecular flexibility index (Phi) is 5.32.